The molecule has 7 heteroatoms. The molecule has 0 atom stereocenters. The summed E-state index contributed by atoms with van der Waals surface area (Å²) in [6.07, 6.45) is 0. The molecule has 3 aromatic carbocycles. The van der Waals surface area contributed by atoms with Gasteiger partial charge in [0.15, 0.2) is 14.5 Å². The van der Waals surface area contributed by atoms with Crippen molar-refractivity contribution in [3.63, 3.8) is 0 Å². The fourth-order valence-electron chi connectivity index (χ4n) is 2.72. The van der Waals surface area contributed by atoms with Crippen molar-refractivity contribution in [2.45, 2.75) is 14.4 Å². The number of aromatic nitrogens is 2. The second kappa shape index (κ2) is 9.22. The minimum absolute atomic E-state index is 0.0951. The number of hydrogen-bond donors (Lipinski definition) is 0. The summed E-state index contributed by atoms with van der Waals surface area (Å²) in [4.78, 5) is 12.3. The molecular weight excluding hydrogens is 472 g/mol. The van der Waals surface area contributed by atoms with Gasteiger partial charge in [-0.15, -0.1) is 10.2 Å². The molecule has 4 aromatic rings. The molecular formula is C21H15BrN2OS3. The molecule has 0 aliphatic heterocycles. The second-order valence-electron chi connectivity index (χ2n) is 5.98. The van der Waals surface area contributed by atoms with Gasteiger partial charge in [-0.25, -0.2) is 0 Å². The first-order valence-corrected chi connectivity index (χ1v) is 12.1. The van der Waals surface area contributed by atoms with Gasteiger partial charge in [0.2, 0.25) is 0 Å². The van der Waals surface area contributed by atoms with Crippen LogP contribution in [-0.4, -0.2) is 21.7 Å². The molecule has 140 valence electrons. The fraction of sp³-hybridized carbons (Fsp3) is 0.0952. The number of carbonyl (C=O) groups is 1. The molecule has 28 heavy (non-hydrogen) atoms. The number of thioether (sulfide) groups is 2. The molecule has 0 aliphatic rings. The molecule has 0 spiro atoms. The van der Waals surface area contributed by atoms with E-state index < -0.39 is 0 Å². The first kappa shape index (κ1) is 19.6. The van der Waals surface area contributed by atoms with Crippen molar-refractivity contribution >= 4 is 67.3 Å². The predicted octanol–water partition coefficient (Wildman–Crippen LogP) is 6.72. The molecule has 0 saturated heterocycles. The summed E-state index contributed by atoms with van der Waals surface area (Å²) < 4.78 is 2.71. The predicted molar refractivity (Wildman–Crippen MR) is 123 cm³/mol. The van der Waals surface area contributed by atoms with Crippen LogP contribution in [0.15, 0.2) is 79.9 Å². The molecule has 0 radical (unpaired) electrons. The van der Waals surface area contributed by atoms with E-state index in [0.29, 0.717) is 11.3 Å². The van der Waals surface area contributed by atoms with Crippen LogP contribution in [0.25, 0.3) is 10.8 Å². The molecule has 1 aromatic heterocycles. The topological polar surface area (TPSA) is 42.9 Å². The standard InChI is InChI=1S/C21H15BrN2OS3/c22-17-10-8-15(9-11-17)19(25)13-27-21-24-23-20(28-21)26-12-16-6-3-5-14-4-1-2-7-18(14)16/h1-11H,12-13H2. The van der Waals surface area contributed by atoms with E-state index in [2.05, 4.69) is 68.6 Å². The summed E-state index contributed by atoms with van der Waals surface area (Å²) in [6, 6.07) is 22.2. The Labute approximate surface area is 184 Å². The average Bonchev–Trinajstić information content (AvgIpc) is 3.19. The zero-order valence-corrected chi connectivity index (χ0v) is 18.7. The van der Waals surface area contributed by atoms with Gasteiger partial charge in [-0.1, -0.05) is 105 Å². The van der Waals surface area contributed by atoms with Crippen LogP contribution in [0.4, 0.5) is 0 Å². The third-order valence-corrected chi connectivity index (χ3v) is 7.88. The van der Waals surface area contributed by atoms with Gasteiger partial charge in [-0.05, 0) is 28.5 Å². The molecule has 0 saturated carbocycles. The molecule has 0 N–H and O–H groups in total. The van der Waals surface area contributed by atoms with Gasteiger partial charge in [0.05, 0.1) is 5.75 Å². The minimum Gasteiger partial charge on any atom is -0.293 e. The Kier molecular flexibility index (Phi) is 6.47. The largest absolute Gasteiger partial charge is 0.293 e. The Morgan fingerprint density at radius 1 is 0.893 bits per heavy atom. The zero-order valence-electron chi connectivity index (χ0n) is 14.7. The maximum atomic E-state index is 12.3. The van der Waals surface area contributed by atoms with Gasteiger partial charge >= 0.3 is 0 Å². The molecule has 3 nitrogen and oxygen atoms in total. The Morgan fingerprint density at radius 2 is 1.61 bits per heavy atom. The van der Waals surface area contributed by atoms with Crippen LogP contribution in [-0.2, 0) is 5.75 Å². The number of rotatable bonds is 7. The van der Waals surface area contributed by atoms with E-state index >= 15 is 0 Å². The van der Waals surface area contributed by atoms with E-state index in [1.165, 1.54) is 28.1 Å². The minimum atomic E-state index is 0.0951. The van der Waals surface area contributed by atoms with Crippen LogP contribution in [0.2, 0.25) is 0 Å². The van der Waals surface area contributed by atoms with E-state index in [-0.39, 0.29) is 5.78 Å². The number of fused-ring (bicyclic) bond motifs is 1. The summed E-state index contributed by atoms with van der Waals surface area (Å²) in [5.74, 6) is 1.31. The number of nitrogens with zero attached hydrogens (tertiary/aromatic N) is 2. The lowest BCUT2D eigenvalue weighted by molar-refractivity contribution is 0.102. The van der Waals surface area contributed by atoms with Crippen LogP contribution >= 0.6 is 50.8 Å². The first-order valence-electron chi connectivity index (χ1n) is 8.53. The van der Waals surface area contributed by atoms with Gasteiger partial charge < -0.3 is 0 Å². The molecule has 0 amide bonds. The maximum absolute atomic E-state index is 12.3. The molecule has 0 unspecified atom stereocenters. The fourth-order valence-corrected chi connectivity index (χ4v) is 5.90. The highest BCUT2D eigenvalue weighted by atomic mass is 79.9. The van der Waals surface area contributed by atoms with Gasteiger partial charge in [0.25, 0.3) is 0 Å². The monoisotopic (exact) mass is 486 g/mol. The van der Waals surface area contributed by atoms with Crippen molar-refractivity contribution in [3.8, 4) is 0 Å². The zero-order chi connectivity index (χ0) is 19.3. The van der Waals surface area contributed by atoms with Crippen molar-refractivity contribution in [2.24, 2.45) is 0 Å². The highest BCUT2D eigenvalue weighted by Gasteiger charge is 2.11. The van der Waals surface area contributed by atoms with E-state index in [0.717, 1.165) is 18.9 Å². The number of halogens is 1. The van der Waals surface area contributed by atoms with Gasteiger partial charge in [-0.2, -0.15) is 0 Å². The van der Waals surface area contributed by atoms with Crippen LogP contribution in [0.5, 0.6) is 0 Å². The van der Waals surface area contributed by atoms with Crippen LogP contribution in [0, 0.1) is 0 Å². The number of Topliss-reactive ketones (excluding diaryl/α,β-unsaturated/α-hetero) is 1. The number of hydrogen-bond acceptors (Lipinski definition) is 6. The summed E-state index contributed by atoms with van der Waals surface area (Å²) in [7, 11) is 0. The second-order valence-corrected chi connectivity index (χ2v) is 10.3. The Bertz CT molecular complexity index is 1110. The number of ketones is 1. The van der Waals surface area contributed by atoms with Crippen molar-refractivity contribution in [2.75, 3.05) is 5.75 Å². The number of carbonyl (C=O) groups excluding carboxylic acids is 1. The summed E-state index contributed by atoms with van der Waals surface area (Å²) in [6.45, 7) is 0. The molecule has 0 bridgehead atoms. The molecule has 0 aliphatic carbocycles. The first-order chi connectivity index (χ1) is 13.7. The van der Waals surface area contributed by atoms with E-state index in [4.69, 9.17) is 0 Å². The Morgan fingerprint density at radius 3 is 2.43 bits per heavy atom. The summed E-state index contributed by atoms with van der Waals surface area (Å²) in [5.41, 5.74) is 2.00. The smallest absolute Gasteiger partial charge is 0.175 e. The van der Waals surface area contributed by atoms with Crippen LogP contribution in [0.1, 0.15) is 15.9 Å². The van der Waals surface area contributed by atoms with Gasteiger partial charge in [-0.3, -0.25) is 4.79 Å². The van der Waals surface area contributed by atoms with Crippen molar-refractivity contribution in [1.82, 2.24) is 10.2 Å². The quantitative estimate of drug-likeness (QED) is 0.214. The third kappa shape index (κ3) is 4.84. The molecule has 1 heterocycles. The Hall–Kier alpha value is -1.67. The van der Waals surface area contributed by atoms with Crippen LogP contribution < -0.4 is 0 Å². The maximum Gasteiger partial charge on any atom is 0.175 e. The summed E-state index contributed by atoms with van der Waals surface area (Å²) >= 11 is 8.05. The lowest BCUT2D eigenvalue weighted by Gasteiger charge is -2.04. The molecule has 4 rings (SSSR count). The van der Waals surface area contributed by atoms with E-state index in [1.54, 1.807) is 23.1 Å². The normalized spacial score (nSPS) is 11.0. The summed E-state index contributed by atoms with van der Waals surface area (Å²) in [5, 5.41) is 11.0. The molecule has 0 fully saturated rings. The lowest BCUT2D eigenvalue weighted by atomic mass is 10.1. The van der Waals surface area contributed by atoms with Crippen molar-refractivity contribution < 1.29 is 4.79 Å². The van der Waals surface area contributed by atoms with Crippen molar-refractivity contribution in [1.29, 1.82) is 0 Å². The SMILES string of the molecule is O=C(CSc1nnc(SCc2cccc3ccccc23)s1)c1ccc(Br)cc1. The van der Waals surface area contributed by atoms with Gasteiger partial charge in [0, 0.05) is 15.8 Å². The van der Waals surface area contributed by atoms with E-state index in [9.17, 15) is 4.79 Å². The number of benzene rings is 3. The lowest BCUT2D eigenvalue weighted by Crippen LogP contribution is -2.01. The van der Waals surface area contributed by atoms with Crippen LogP contribution in [0.3, 0.4) is 0 Å². The van der Waals surface area contributed by atoms with Gasteiger partial charge in [0.1, 0.15) is 0 Å². The van der Waals surface area contributed by atoms with E-state index in [1.807, 2.05) is 24.3 Å². The Balaban J connectivity index is 1.35. The average molecular weight is 487 g/mol. The third-order valence-electron chi connectivity index (χ3n) is 4.11. The highest BCUT2D eigenvalue weighted by molar-refractivity contribution is 9.10. The van der Waals surface area contributed by atoms with Crippen molar-refractivity contribution in [3.05, 3.63) is 82.3 Å². The highest BCUT2D eigenvalue weighted by Crippen LogP contribution is 2.32.